The first-order valence-corrected chi connectivity index (χ1v) is 13.0. The van der Waals surface area contributed by atoms with Crippen molar-refractivity contribution >= 4 is 23.2 Å². The Labute approximate surface area is 187 Å². The third-order valence-electron chi connectivity index (χ3n) is 8.68. The molecule has 1 aliphatic heterocycles. The third kappa shape index (κ3) is 4.56. The third-order valence-corrected chi connectivity index (χ3v) is 8.93. The van der Waals surface area contributed by atoms with Crippen molar-refractivity contribution in [3.05, 3.63) is 11.6 Å². The number of likely N-dealkylation sites (tertiary alicyclic amines) is 1. The molecular weight excluding hydrogens is 390 g/mol. The Balaban J connectivity index is 0.989. The molecule has 4 saturated carbocycles. The summed E-state index contributed by atoms with van der Waals surface area (Å²) in [4.78, 5) is 14.7. The van der Waals surface area contributed by atoms with Crippen molar-refractivity contribution in [1.82, 2.24) is 15.5 Å². The highest BCUT2D eigenvalue weighted by atomic mass is 32.1. The Morgan fingerprint density at radius 1 is 1.10 bits per heavy atom. The number of thiocarbonyl (C=S) groups is 1. The van der Waals surface area contributed by atoms with E-state index in [1.54, 1.807) is 0 Å². The number of carbonyl (C=O) groups is 1. The Kier molecular flexibility index (Phi) is 6.10. The fourth-order valence-electron chi connectivity index (χ4n) is 7.66. The molecule has 1 atom stereocenters. The van der Waals surface area contributed by atoms with Crippen LogP contribution in [0.1, 0.15) is 83.5 Å². The summed E-state index contributed by atoms with van der Waals surface area (Å²) in [5, 5.41) is 8.02. The summed E-state index contributed by atoms with van der Waals surface area (Å²) in [7, 11) is 0. The minimum atomic E-state index is 0.286. The van der Waals surface area contributed by atoms with Gasteiger partial charge in [-0.25, -0.2) is 0 Å². The number of hydrogen-bond donors (Lipinski definition) is 2. The van der Waals surface area contributed by atoms with E-state index in [0.717, 1.165) is 61.3 Å². The zero-order valence-corrected chi connectivity index (χ0v) is 19.3. The first kappa shape index (κ1) is 20.8. The van der Waals surface area contributed by atoms with Gasteiger partial charge in [-0.15, -0.1) is 0 Å². The van der Waals surface area contributed by atoms with Gasteiger partial charge < -0.3 is 15.5 Å². The lowest BCUT2D eigenvalue weighted by molar-refractivity contribution is -0.131. The maximum Gasteiger partial charge on any atom is 0.222 e. The maximum atomic E-state index is 12.6. The highest BCUT2D eigenvalue weighted by Crippen LogP contribution is 2.55. The van der Waals surface area contributed by atoms with Crippen LogP contribution in [0.4, 0.5) is 0 Å². The van der Waals surface area contributed by atoms with Crippen LogP contribution >= 0.6 is 12.2 Å². The van der Waals surface area contributed by atoms with Gasteiger partial charge in [0.25, 0.3) is 0 Å². The second kappa shape index (κ2) is 8.80. The average molecular weight is 430 g/mol. The van der Waals surface area contributed by atoms with Crippen LogP contribution in [0.2, 0.25) is 0 Å². The first-order chi connectivity index (χ1) is 14.6. The lowest BCUT2D eigenvalue weighted by Gasteiger charge is -2.57. The molecule has 1 unspecified atom stereocenters. The van der Waals surface area contributed by atoms with E-state index in [2.05, 4.69) is 21.6 Å². The summed E-state index contributed by atoms with van der Waals surface area (Å²) in [5.41, 5.74) is 1.82. The summed E-state index contributed by atoms with van der Waals surface area (Å²) < 4.78 is 0. The number of nitrogens with zero attached hydrogens (tertiary/aromatic N) is 1. The van der Waals surface area contributed by atoms with Crippen LogP contribution in [0.5, 0.6) is 0 Å². The van der Waals surface area contributed by atoms with E-state index < -0.39 is 0 Å². The molecule has 1 amide bonds. The molecule has 4 nitrogen and oxygen atoms in total. The molecule has 1 heterocycles. The fourth-order valence-corrected chi connectivity index (χ4v) is 7.98. The van der Waals surface area contributed by atoms with Gasteiger partial charge in [0.15, 0.2) is 5.11 Å². The van der Waals surface area contributed by atoms with Gasteiger partial charge in [-0.05, 0) is 113 Å². The number of unbranched alkanes of at least 4 members (excludes halogenated alkanes) is 1. The second-order valence-corrected chi connectivity index (χ2v) is 11.5. The molecule has 166 valence electrons. The molecule has 0 spiro atoms. The highest BCUT2D eigenvalue weighted by Gasteiger charge is 2.51. The molecule has 2 N–H and O–H groups in total. The molecule has 0 radical (unpaired) electrons. The molecule has 0 aromatic rings. The molecule has 5 fully saturated rings. The van der Waals surface area contributed by atoms with Crippen LogP contribution < -0.4 is 10.6 Å². The number of allylic oxidation sites excluding steroid dienone is 1. The highest BCUT2D eigenvalue weighted by molar-refractivity contribution is 7.80. The van der Waals surface area contributed by atoms with Gasteiger partial charge in [0.05, 0.1) is 0 Å². The van der Waals surface area contributed by atoms with Gasteiger partial charge in [-0.3, -0.25) is 4.79 Å². The summed E-state index contributed by atoms with van der Waals surface area (Å²) in [6, 6.07) is 0. The van der Waals surface area contributed by atoms with Gasteiger partial charge in [0.2, 0.25) is 5.91 Å². The number of nitrogens with one attached hydrogen (secondary N) is 2. The number of fused-ring (bicyclic) bond motifs is 1. The Hall–Kier alpha value is -1.10. The van der Waals surface area contributed by atoms with E-state index in [9.17, 15) is 4.79 Å². The Morgan fingerprint density at radius 2 is 1.83 bits per heavy atom. The molecule has 5 aliphatic carbocycles. The lowest BCUT2D eigenvalue weighted by atomic mass is 9.53. The number of rotatable bonds is 6. The van der Waals surface area contributed by atoms with Crippen molar-refractivity contribution in [2.45, 2.75) is 89.0 Å². The van der Waals surface area contributed by atoms with Crippen LogP contribution in [0.15, 0.2) is 11.6 Å². The number of carbonyl (C=O) groups excluding carboxylic acids is 1. The molecule has 0 aromatic carbocycles. The summed E-state index contributed by atoms with van der Waals surface area (Å²) in [6.07, 6.45) is 18.4. The molecule has 0 aromatic heterocycles. The Morgan fingerprint density at radius 3 is 2.57 bits per heavy atom. The van der Waals surface area contributed by atoms with Gasteiger partial charge in [-0.1, -0.05) is 11.6 Å². The van der Waals surface area contributed by atoms with Gasteiger partial charge in [0.1, 0.15) is 0 Å². The van der Waals surface area contributed by atoms with Crippen LogP contribution in [0.3, 0.4) is 0 Å². The summed E-state index contributed by atoms with van der Waals surface area (Å²) in [6.45, 7) is 2.72. The van der Waals surface area contributed by atoms with E-state index >= 15 is 0 Å². The van der Waals surface area contributed by atoms with Crippen LogP contribution in [-0.2, 0) is 4.79 Å². The van der Waals surface area contributed by atoms with E-state index in [4.69, 9.17) is 12.2 Å². The molecule has 4 bridgehead atoms. The number of hydrogen-bond acceptors (Lipinski definition) is 2. The first-order valence-electron chi connectivity index (χ1n) is 12.6. The van der Waals surface area contributed by atoms with Crippen molar-refractivity contribution < 1.29 is 4.79 Å². The predicted molar refractivity (Wildman–Crippen MR) is 125 cm³/mol. The average Bonchev–Trinajstić information content (AvgIpc) is 2.71. The summed E-state index contributed by atoms with van der Waals surface area (Å²) >= 11 is 5.64. The predicted octanol–water partition coefficient (Wildman–Crippen LogP) is 4.55. The van der Waals surface area contributed by atoms with E-state index in [0.29, 0.717) is 12.3 Å². The summed E-state index contributed by atoms with van der Waals surface area (Å²) in [5.74, 6) is 3.91. The largest absolute Gasteiger partial charge is 0.363 e. The van der Waals surface area contributed by atoms with Gasteiger partial charge >= 0.3 is 0 Å². The zero-order chi connectivity index (χ0) is 20.6. The minimum absolute atomic E-state index is 0.286. The van der Waals surface area contributed by atoms with Crippen LogP contribution in [0, 0.1) is 23.7 Å². The van der Waals surface area contributed by atoms with E-state index in [-0.39, 0.29) is 5.54 Å². The van der Waals surface area contributed by atoms with Crippen LogP contribution in [-0.4, -0.2) is 41.1 Å². The topological polar surface area (TPSA) is 44.4 Å². The maximum absolute atomic E-state index is 12.6. The Bertz CT molecular complexity index is 667. The monoisotopic (exact) mass is 429 g/mol. The molecule has 30 heavy (non-hydrogen) atoms. The van der Waals surface area contributed by atoms with Gasteiger partial charge in [0, 0.05) is 31.6 Å². The van der Waals surface area contributed by atoms with Crippen molar-refractivity contribution in [3.8, 4) is 0 Å². The van der Waals surface area contributed by atoms with Gasteiger partial charge in [-0.2, -0.15) is 0 Å². The second-order valence-electron chi connectivity index (χ2n) is 11.0. The molecule has 6 rings (SSSR count). The fraction of sp³-hybridized carbons (Fsp3) is 0.840. The number of piperidine rings is 1. The molecule has 5 heteroatoms. The smallest absolute Gasteiger partial charge is 0.222 e. The quantitative estimate of drug-likeness (QED) is 0.369. The van der Waals surface area contributed by atoms with E-state index in [1.165, 1.54) is 69.8 Å². The zero-order valence-electron chi connectivity index (χ0n) is 18.5. The van der Waals surface area contributed by atoms with Crippen molar-refractivity contribution in [2.24, 2.45) is 23.7 Å². The van der Waals surface area contributed by atoms with Crippen molar-refractivity contribution in [1.29, 1.82) is 0 Å². The molecule has 1 saturated heterocycles. The molecular formula is C25H39N3OS. The van der Waals surface area contributed by atoms with Crippen molar-refractivity contribution in [2.75, 3.05) is 19.6 Å². The standard InChI is InChI=1S/C25H39N3OS/c29-23(28-10-8-21-5-1-2-6-22(21)17-28)7-3-4-9-26-24(30)27-25-14-18-11-19(15-25)13-20(12-18)16-25/h6,18-21H,1-5,7-17H2,(H2,26,27,30). The number of amides is 1. The normalized spacial score (nSPS) is 36.8. The minimum Gasteiger partial charge on any atom is -0.363 e. The van der Waals surface area contributed by atoms with E-state index in [1.807, 2.05) is 0 Å². The van der Waals surface area contributed by atoms with Crippen LogP contribution in [0.25, 0.3) is 0 Å². The SMILES string of the molecule is O=C(CCCCNC(=S)NC12CC3CC(CC(C3)C1)C2)N1CCC2CCCC=C2C1. The lowest BCUT2D eigenvalue weighted by Crippen LogP contribution is -2.61. The molecule has 6 aliphatic rings. The van der Waals surface area contributed by atoms with Crippen molar-refractivity contribution in [3.63, 3.8) is 0 Å².